The fraction of sp³-hybridized carbons (Fsp3) is 0.333. The normalized spacial score (nSPS) is 11.6. The van der Waals surface area contributed by atoms with E-state index in [1.165, 1.54) is 6.08 Å². The van der Waals surface area contributed by atoms with Gasteiger partial charge in [0.05, 0.1) is 0 Å². The van der Waals surface area contributed by atoms with Gasteiger partial charge < -0.3 is 4.74 Å². The first-order chi connectivity index (χ1) is 8.80. The minimum absolute atomic E-state index is 0.119. The van der Waals surface area contributed by atoms with Crippen LogP contribution in [0.25, 0.3) is 6.08 Å². The molecule has 0 heterocycles. The van der Waals surface area contributed by atoms with E-state index in [4.69, 9.17) is 16.3 Å². The first-order valence-electron chi connectivity index (χ1n) is 5.93. The van der Waals surface area contributed by atoms with E-state index >= 15 is 0 Å². The number of Topliss-reactive ketones (excluding diaryl/α,β-unsaturated/α-hetero) is 1. The van der Waals surface area contributed by atoms with Crippen LogP contribution in [-0.4, -0.2) is 18.4 Å². The SMILES string of the molecule is CC(C)(C)C(=O)COC(=O)/C=C/c1ccccc1Cl. The molecule has 0 radical (unpaired) electrons. The Bertz CT molecular complexity index is 498. The molecule has 0 aliphatic carbocycles. The van der Waals surface area contributed by atoms with Crippen LogP contribution >= 0.6 is 11.6 Å². The summed E-state index contributed by atoms with van der Waals surface area (Å²) in [7, 11) is 0. The highest BCUT2D eigenvalue weighted by Crippen LogP contribution is 2.16. The molecular formula is C15H17ClO3. The Balaban J connectivity index is 2.53. The van der Waals surface area contributed by atoms with Gasteiger partial charge in [0.1, 0.15) is 0 Å². The molecule has 1 aromatic carbocycles. The highest BCUT2D eigenvalue weighted by molar-refractivity contribution is 6.32. The Labute approximate surface area is 118 Å². The molecule has 0 N–H and O–H groups in total. The van der Waals surface area contributed by atoms with E-state index in [0.29, 0.717) is 5.02 Å². The quantitative estimate of drug-likeness (QED) is 0.626. The average Bonchev–Trinajstić information content (AvgIpc) is 2.33. The lowest BCUT2D eigenvalue weighted by molar-refractivity contribution is -0.145. The fourth-order valence-electron chi connectivity index (χ4n) is 1.17. The van der Waals surface area contributed by atoms with Crippen LogP contribution in [0.4, 0.5) is 0 Å². The summed E-state index contributed by atoms with van der Waals surface area (Å²) >= 11 is 5.94. The van der Waals surface area contributed by atoms with Crippen molar-refractivity contribution in [3.8, 4) is 0 Å². The van der Waals surface area contributed by atoms with Crippen LogP contribution in [0.1, 0.15) is 26.3 Å². The van der Waals surface area contributed by atoms with Crippen LogP contribution in [0.15, 0.2) is 30.3 Å². The third kappa shape index (κ3) is 5.26. The molecule has 19 heavy (non-hydrogen) atoms. The van der Waals surface area contributed by atoms with Crippen LogP contribution in [0, 0.1) is 5.41 Å². The summed E-state index contributed by atoms with van der Waals surface area (Å²) in [6.45, 7) is 5.13. The Morgan fingerprint density at radius 2 is 1.89 bits per heavy atom. The van der Waals surface area contributed by atoms with Gasteiger partial charge in [0.2, 0.25) is 0 Å². The summed E-state index contributed by atoms with van der Waals surface area (Å²) in [5, 5.41) is 0.553. The summed E-state index contributed by atoms with van der Waals surface area (Å²) in [6.07, 6.45) is 2.82. The van der Waals surface area contributed by atoms with E-state index < -0.39 is 11.4 Å². The smallest absolute Gasteiger partial charge is 0.331 e. The van der Waals surface area contributed by atoms with Gasteiger partial charge in [-0.25, -0.2) is 4.79 Å². The number of carbonyl (C=O) groups excluding carboxylic acids is 2. The fourth-order valence-corrected chi connectivity index (χ4v) is 1.37. The van der Waals surface area contributed by atoms with Gasteiger partial charge in [0.15, 0.2) is 12.4 Å². The topological polar surface area (TPSA) is 43.4 Å². The predicted octanol–water partition coefficient (Wildman–Crippen LogP) is 3.51. The molecule has 0 saturated carbocycles. The summed E-state index contributed by atoms with van der Waals surface area (Å²) in [4.78, 5) is 23.0. The summed E-state index contributed by atoms with van der Waals surface area (Å²) in [5.41, 5.74) is 0.218. The van der Waals surface area contributed by atoms with Gasteiger partial charge in [0, 0.05) is 16.5 Å². The molecule has 0 unspecified atom stereocenters. The molecule has 1 aromatic rings. The molecule has 0 saturated heterocycles. The van der Waals surface area contributed by atoms with E-state index in [1.807, 2.05) is 6.07 Å². The van der Waals surface area contributed by atoms with Crippen molar-refractivity contribution < 1.29 is 14.3 Å². The summed E-state index contributed by atoms with van der Waals surface area (Å²) < 4.78 is 4.87. The highest BCUT2D eigenvalue weighted by atomic mass is 35.5. The number of carbonyl (C=O) groups is 2. The third-order valence-corrected chi connectivity index (χ3v) is 2.83. The van der Waals surface area contributed by atoms with Gasteiger partial charge in [-0.15, -0.1) is 0 Å². The number of benzene rings is 1. The number of rotatable bonds is 4. The molecule has 0 atom stereocenters. The molecule has 4 heteroatoms. The van der Waals surface area contributed by atoms with Crippen molar-refractivity contribution in [3.63, 3.8) is 0 Å². The second-order valence-corrected chi connectivity index (χ2v) is 5.54. The molecule has 102 valence electrons. The number of hydrogen-bond donors (Lipinski definition) is 0. The lowest BCUT2D eigenvalue weighted by Gasteiger charge is -2.15. The Morgan fingerprint density at radius 3 is 2.47 bits per heavy atom. The van der Waals surface area contributed by atoms with E-state index in [0.717, 1.165) is 5.56 Å². The van der Waals surface area contributed by atoms with Crippen molar-refractivity contribution >= 4 is 29.4 Å². The maximum absolute atomic E-state index is 11.6. The van der Waals surface area contributed by atoms with E-state index in [-0.39, 0.29) is 12.4 Å². The van der Waals surface area contributed by atoms with Gasteiger partial charge in [-0.05, 0) is 17.7 Å². The molecule has 0 amide bonds. The molecule has 0 spiro atoms. The van der Waals surface area contributed by atoms with Crippen LogP contribution in [0.3, 0.4) is 0 Å². The van der Waals surface area contributed by atoms with Crippen LogP contribution in [0.5, 0.6) is 0 Å². The summed E-state index contributed by atoms with van der Waals surface area (Å²) in [6, 6.07) is 7.14. The van der Waals surface area contributed by atoms with Crippen LogP contribution in [-0.2, 0) is 14.3 Å². The zero-order valence-corrected chi connectivity index (χ0v) is 12.0. The minimum atomic E-state index is -0.558. The Morgan fingerprint density at radius 1 is 1.26 bits per heavy atom. The zero-order valence-electron chi connectivity index (χ0n) is 11.3. The lowest BCUT2D eigenvalue weighted by Crippen LogP contribution is -2.25. The van der Waals surface area contributed by atoms with Crippen molar-refractivity contribution in [1.29, 1.82) is 0 Å². The number of esters is 1. The van der Waals surface area contributed by atoms with Crippen LogP contribution < -0.4 is 0 Å². The molecule has 0 aromatic heterocycles. The number of ether oxygens (including phenoxy) is 1. The molecule has 3 nitrogen and oxygen atoms in total. The molecule has 1 rings (SSSR count). The van der Waals surface area contributed by atoms with Crippen molar-refractivity contribution in [2.75, 3.05) is 6.61 Å². The largest absolute Gasteiger partial charge is 0.455 e. The Kier molecular flexibility index (Phi) is 5.31. The molecular weight excluding hydrogens is 264 g/mol. The molecule has 0 fully saturated rings. The second-order valence-electron chi connectivity index (χ2n) is 5.14. The van der Waals surface area contributed by atoms with Gasteiger partial charge >= 0.3 is 5.97 Å². The lowest BCUT2D eigenvalue weighted by atomic mass is 9.91. The van der Waals surface area contributed by atoms with Gasteiger partial charge in [-0.1, -0.05) is 50.6 Å². The van der Waals surface area contributed by atoms with Gasteiger partial charge in [-0.2, -0.15) is 0 Å². The number of hydrogen-bond acceptors (Lipinski definition) is 3. The standard InChI is InChI=1S/C15H17ClO3/c1-15(2,3)13(17)10-19-14(18)9-8-11-6-4-5-7-12(11)16/h4-9H,10H2,1-3H3/b9-8+. The van der Waals surface area contributed by atoms with Crippen molar-refractivity contribution in [3.05, 3.63) is 40.9 Å². The van der Waals surface area contributed by atoms with Crippen LogP contribution in [0.2, 0.25) is 5.02 Å². The highest BCUT2D eigenvalue weighted by Gasteiger charge is 2.21. The van der Waals surface area contributed by atoms with Crippen molar-refractivity contribution in [2.45, 2.75) is 20.8 Å². The number of halogens is 1. The maximum atomic E-state index is 11.6. The monoisotopic (exact) mass is 280 g/mol. The van der Waals surface area contributed by atoms with Gasteiger partial charge in [0.25, 0.3) is 0 Å². The minimum Gasteiger partial charge on any atom is -0.455 e. The van der Waals surface area contributed by atoms with Crippen molar-refractivity contribution in [1.82, 2.24) is 0 Å². The molecule has 0 aliphatic rings. The van der Waals surface area contributed by atoms with E-state index in [9.17, 15) is 9.59 Å². The molecule has 0 bridgehead atoms. The van der Waals surface area contributed by atoms with E-state index in [2.05, 4.69) is 0 Å². The predicted molar refractivity (Wildman–Crippen MR) is 75.9 cm³/mol. The second kappa shape index (κ2) is 6.53. The Hall–Kier alpha value is -1.61. The first-order valence-corrected chi connectivity index (χ1v) is 6.31. The van der Waals surface area contributed by atoms with E-state index in [1.54, 1.807) is 45.0 Å². The maximum Gasteiger partial charge on any atom is 0.331 e. The third-order valence-electron chi connectivity index (χ3n) is 2.49. The summed E-state index contributed by atoms with van der Waals surface area (Å²) in [5.74, 6) is -0.676. The zero-order chi connectivity index (χ0) is 14.5. The van der Waals surface area contributed by atoms with Crippen molar-refractivity contribution in [2.24, 2.45) is 5.41 Å². The number of ketones is 1. The first kappa shape index (κ1) is 15.4. The average molecular weight is 281 g/mol. The molecule has 0 aliphatic heterocycles. The van der Waals surface area contributed by atoms with Gasteiger partial charge in [-0.3, -0.25) is 4.79 Å².